The van der Waals surface area contributed by atoms with Gasteiger partial charge >= 0.3 is 12.1 Å². The molecule has 3 rings (SSSR count). The first-order chi connectivity index (χ1) is 9.83. The zero-order chi connectivity index (χ0) is 15.3. The molecule has 2 aromatic rings. The maximum Gasteiger partial charge on any atom is 0.471 e. The number of amides is 1. The van der Waals surface area contributed by atoms with E-state index in [1.165, 1.54) is 0 Å². The van der Waals surface area contributed by atoms with E-state index in [1.807, 2.05) is 0 Å². The van der Waals surface area contributed by atoms with E-state index in [2.05, 4.69) is 14.7 Å². The van der Waals surface area contributed by atoms with Crippen LogP contribution in [0.15, 0.2) is 28.8 Å². The minimum Gasteiger partial charge on any atom is -0.369 e. The van der Waals surface area contributed by atoms with Crippen LogP contribution in [0.1, 0.15) is 24.3 Å². The van der Waals surface area contributed by atoms with Gasteiger partial charge in [-0.2, -0.15) is 18.2 Å². The lowest BCUT2D eigenvalue weighted by molar-refractivity contribution is -0.159. The lowest BCUT2D eigenvalue weighted by Crippen LogP contribution is -2.28. The van der Waals surface area contributed by atoms with Gasteiger partial charge < -0.3 is 10.3 Å². The summed E-state index contributed by atoms with van der Waals surface area (Å²) in [5, 5.41) is 3.30. The molecule has 1 amide bonds. The predicted octanol–water partition coefficient (Wildman–Crippen LogP) is 2.27. The number of halogens is 3. The average molecular weight is 297 g/mol. The number of hydrogen-bond donors (Lipinski definition) is 1. The monoisotopic (exact) mass is 297 g/mol. The highest BCUT2D eigenvalue weighted by atomic mass is 19.4. The molecule has 0 unspecified atom stereocenters. The number of rotatable bonds is 3. The first-order valence-electron chi connectivity index (χ1n) is 6.15. The standard InChI is InChI=1S/C13H10F3N3O2/c14-13(15,16)11-18-9(19-21-11)7-1-3-8(4-2-7)12(5-6-12)10(17)20/h1-4H,5-6H2,(H2,17,20). The molecule has 1 aliphatic rings. The van der Waals surface area contributed by atoms with Crippen molar-refractivity contribution in [2.45, 2.75) is 24.4 Å². The highest BCUT2D eigenvalue weighted by Gasteiger charge is 2.49. The summed E-state index contributed by atoms with van der Waals surface area (Å²) < 4.78 is 41.3. The van der Waals surface area contributed by atoms with Crippen LogP contribution in [0.3, 0.4) is 0 Å². The predicted molar refractivity (Wildman–Crippen MR) is 64.8 cm³/mol. The molecule has 1 saturated carbocycles. The normalized spacial score (nSPS) is 16.7. The third kappa shape index (κ3) is 2.26. The van der Waals surface area contributed by atoms with Crippen LogP contribution in [-0.2, 0) is 16.4 Å². The molecule has 0 aliphatic heterocycles. The molecule has 0 atom stereocenters. The van der Waals surface area contributed by atoms with Gasteiger partial charge in [-0.1, -0.05) is 29.4 Å². The summed E-state index contributed by atoms with van der Waals surface area (Å²) in [6, 6.07) is 6.39. The molecule has 2 N–H and O–H groups in total. The van der Waals surface area contributed by atoms with Crippen molar-refractivity contribution in [3.63, 3.8) is 0 Å². The highest BCUT2D eigenvalue weighted by Crippen LogP contribution is 2.48. The van der Waals surface area contributed by atoms with E-state index in [-0.39, 0.29) is 5.82 Å². The quantitative estimate of drug-likeness (QED) is 0.942. The number of nitrogens with two attached hydrogens (primary N) is 1. The van der Waals surface area contributed by atoms with Gasteiger partial charge in [0.15, 0.2) is 0 Å². The van der Waals surface area contributed by atoms with Gasteiger partial charge in [-0.15, -0.1) is 0 Å². The number of carbonyl (C=O) groups is 1. The van der Waals surface area contributed by atoms with E-state index in [4.69, 9.17) is 5.73 Å². The van der Waals surface area contributed by atoms with Gasteiger partial charge in [-0.25, -0.2) is 0 Å². The summed E-state index contributed by atoms with van der Waals surface area (Å²) in [4.78, 5) is 14.7. The summed E-state index contributed by atoms with van der Waals surface area (Å²) in [6.07, 6.45) is -3.31. The molecule has 5 nitrogen and oxygen atoms in total. The molecule has 0 radical (unpaired) electrons. The van der Waals surface area contributed by atoms with Gasteiger partial charge in [0, 0.05) is 5.56 Å². The number of alkyl halides is 3. The van der Waals surface area contributed by atoms with Crippen molar-refractivity contribution >= 4 is 5.91 Å². The lowest BCUT2D eigenvalue weighted by atomic mass is 9.94. The molecule has 1 heterocycles. The third-order valence-corrected chi connectivity index (χ3v) is 3.59. The second-order valence-electron chi connectivity index (χ2n) is 4.94. The van der Waals surface area contributed by atoms with E-state index >= 15 is 0 Å². The largest absolute Gasteiger partial charge is 0.471 e. The maximum atomic E-state index is 12.4. The number of benzene rings is 1. The Morgan fingerprint density at radius 3 is 2.29 bits per heavy atom. The Labute approximate surface area is 116 Å². The zero-order valence-corrected chi connectivity index (χ0v) is 10.6. The van der Waals surface area contributed by atoms with Crippen LogP contribution < -0.4 is 5.73 Å². The Balaban J connectivity index is 1.88. The van der Waals surface area contributed by atoms with E-state index < -0.39 is 23.4 Å². The van der Waals surface area contributed by atoms with Crippen molar-refractivity contribution in [2.24, 2.45) is 5.73 Å². The highest BCUT2D eigenvalue weighted by molar-refractivity contribution is 5.90. The van der Waals surface area contributed by atoms with Crippen LogP contribution >= 0.6 is 0 Å². The molecule has 1 aliphatic carbocycles. The first-order valence-corrected chi connectivity index (χ1v) is 6.15. The Morgan fingerprint density at radius 2 is 1.86 bits per heavy atom. The minimum atomic E-state index is -4.67. The van der Waals surface area contributed by atoms with Crippen LogP contribution in [0.25, 0.3) is 11.4 Å². The van der Waals surface area contributed by atoms with E-state index in [1.54, 1.807) is 24.3 Å². The van der Waals surface area contributed by atoms with Crippen molar-refractivity contribution in [3.8, 4) is 11.4 Å². The number of carbonyl (C=O) groups excluding carboxylic acids is 1. The Morgan fingerprint density at radius 1 is 1.24 bits per heavy atom. The van der Waals surface area contributed by atoms with Crippen molar-refractivity contribution in [1.29, 1.82) is 0 Å². The summed E-state index contributed by atoms with van der Waals surface area (Å²) in [5.41, 5.74) is 5.85. The summed E-state index contributed by atoms with van der Waals surface area (Å²) >= 11 is 0. The van der Waals surface area contributed by atoms with Gasteiger partial charge in [-0.05, 0) is 18.4 Å². The van der Waals surface area contributed by atoms with Crippen LogP contribution in [0, 0.1) is 0 Å². The van der Waals surface area contributed by atoms with E-state index in [0.717, 1.165) is 5.56 Å². The summed E-state index contributed by atoms with van der Waals surface area (Å²) in [7, 11) is 0. The summed E-state index contributed by atoms with van der Waals surface area (Å²) in [6.45, 7) is 0. The van der Waals surface area contributed by atoms with Crippen molar-refractivity contribution in [2.75, 3.05) is 0 Å². The lowest BCUT2D eigenvalue weighted by Gasteiger charge is -2.11. The molecule has 21 heavy (non-hydrogen) atoms. The summed E-state index contributed by atoms with van der Waals surface area (Å²) in [5.74, 6) is -1.94. The molecule has 0 saturated heterocycles. The van der Waals surface area contributed by atoms with Crippen molar-refractivity contribution in [1.82, 2.24) is 10.1 Å². The van der Waals surface area contributed by atoms with Gasteiger partial charge in [0.05, 0.1) is 5.41 Å². The van der Waals surface area contributed by atoms with E-state index in [0.29, 0.717) is 18.4 Å². The fourth-order valence-electron chi connectivity index (χ4n) is 2.20. The topological polar surface area (TPSA) is 82.0 Å². The molecule has 0 spiro atoms. The molecule has 110 valence electrons. The van der Waals surface area contributed by atoms with Crippen molar-refractivity contribution < 1.29 is 22.5 Å². The number of aromatic nitrogens is 2. The molecule has 1 aromatic heterocycles. The number of hydrogen-bond acceptors (Lipinski definition) is 4. The van der Waals surface area contributed by atoms with E-state index in [9.17, 15) is 18.0 Å². The molecule has 1 fully saturated rings. The first kappa shape index (κ1) is 13.6. The third-order valence-electron chi connectivity index (χ3n) is 3.59. The molecular formula is C13H10F3N3O2. The SMILES string of the molecule is NC(=O)C1(c2ccc(-c3noc(C(F)(F)F)n3)cc2)CC1. The average Bonchev–Trinajstić information content (AvgIpc) is 3.08. The van der Waals surface area contributed by atoms with Crippen LogP contribution in [0.4, 0.5) is 13.2 Å². The van der Waals surface area contributed by atoms with Crippen molar-refractivity contribution in [3.05, 3.63) is 35.7 Å². The van der Waals surface area contributed by atoms with Crippen LogP contribution in [0.2, 0.25) is 0 Å². The fraction of sp³-hybridized carbons (Fsp3) is 0.308. The van der Waals surface area contributed by atoms with Gasteiger partial charge in [0.1, 0.15) is 0 Å². The molecule has 8 heteroatoms. The molecule has 1 aromatic carbocycles. The fourth-order valence-corrected chi connectivity index (χ4v) is 2.20. The van der Waals surface area contributed by atoms with Gasteiger partial charge in [-0.3, -0.25) is 4.79 Å². The van der Waals surface area contributed by atoms with Gasteiger partial charge in [0.2, 0.25) is 11.7 Å². The van der Waals surface area contributed by atoms with Gasteiger partial charge in [0.25, 0.3) is 0 Å². The smallest absolute Gasteiger partial charge is 0.369 e. The molecular weight excluding hydrogens is 287 g/mol. The molecule has 0 bridgehead atoms. The Kier molecular flexibility index (Phi) is 2.79. The van der Waals surface area contributed by atoms with Crippen LogP contribution in [-0.4, -0.2) is 16.0 Å². The second-order valence-corrected chi connectivity index (χ2v) is 4.94. The second kappa shape index (κ2) is 4.31. The Bertz CT molecular complexity index is 687. The maximum absolute atomic E-state index is 12.4. The number of nitrogens with zero attached hydrogens (tertiary/aromatic N) is 2. The Hall–Kier alpha value is -2.38. The number of primary amides is 1. The minimum absolute atomic E-state index is 0.155. The van der Waals surface area contributed by atoms with Crippen LogP contribution in [0.5, 0.6) is 0 Å². The zero-order valence-electron chi connectivity index (χ0n) is 10.6.